The summed E-state index contributed by atoms with van der Waals surface area (Å²) in [6.45, 7) is 0. The summed E-state index contributed by atoms with van der Waals surface area (Å²) in [5, 5.41) is 8.00. The van der Waals surface area contributed by atoms with E-state index in [1.165, 1.54) is 5.46 Å². The Labute approximate surface area is 71.1 Å². The van der Waals surface area contributed by atoms with Crippen LogP contribution in [0.4, 0.5) is 0 Å². The summed E-state index contributed by atoms with van der Waals surface area (Å²) in [6.07, 6.45) is 0. The van der Waals surface area contributed by atoms with Crippen LogP contribution in [0.25, 0.3) is 10.9 Å². The molecule has 2 aromatic rings. The number of nitrogens with one attached hydrogen (secondary N) is 1. The first-order valence-corrected chi connectivity index (χ1v) is 3.80. The lowest BCUT2D eigenvalue weighted by Crippen LogP contribution is -2.02. The van der Waals surface area contributed by atoms with Crippen LogP contribution >= 0.6 is 0 Å². The fourth-order valence-corrected chi connectivity index (χ4v) is 1.36. The number of ether oxygens (including phenoxy) is 1. The van der Waals surface area contributed by atoms with Crippen molar-refractivity contribution in [2.75, 3.05) is 7.11 Å². The smallest absolute Gasteiger partial charge is 0.239 e. The van der Waals surface area contributed by atoms with E-state index >= 15 is 0 Å². The van der Waals surface area contributed by atoms with E-state index in [9.17, 15) is 0 Å². The Hall–Kier alpha value is -1.45. The van der Waals surface area contributed by atoms with Crippen molar-refractivity contribution in [3.8, 4) is 5.88 Å². The Morgan fingerprint density at radius 2 is 2.33 bits per heavy atom. The summed E-state index contributed by atoms with van der Waals surface area (Å²) in [4.78, 5) is 0. The highest BCUT2D eigenvalue weighted by Crippen LogP contribution is 2.18. The van der Waals surface area contributed by atoms with Gasteiger partial charge in [-0.25, -0.2) is 0 Å². The van der Waals surface area contributed by atoms with Crippen LogP contribution in [0.3, 0.4) is 0 Å². The molecule has 0 radical (unpaired) electrons. The van der Waals surface area contributed by atoms with E-state index in [1.807, 2.05) is 26.0 Å². The minimum absolute atomic E-state index is 0.670. The molecule has 0 fully saturated rings. The minimum atomic E-state index is 0.670. The van der Waals surface area contributed by atoms with Gasteiger partial charge in [-0.15, -0.1) is 5.10 Å². The Bertz CT molecular complexity index is 410. The van der Waals surface area contributed by atoms with Crippen molar-refractivity contribution in [2.24, 2.45) is 0 Å². The number of benzene rings is 1. The highest BCUT2D eigenvalue weighted by atomic mass is 16.5. The molecule has 4 heteroatoms. The average molecular weight is 160 g/mol. The summed E-state index contributed by atoms with van der Waals surface area (Å²) in [5.74, 6) is 0.670. The molecule has 0 aliphatic rings. The molecule has 0 saturated heterocycles. The number of nitrogens with zero attached hydrogens (tertiary/aromatic N) is 1. The first-order valence-electron chi connectivity index (χ1n) is 3.80. The van der Waals surface area contributed by atoms with Gasteiger partial charge in [0.2, 0.25) is 5.88 Å². The number of hydrogen-bond acceptors (Lipinski definition) is 2. The molecule has 0 aliphatic heterocycles. The second-order valence-electron chi connectivity index (χ2n) is 2.73. The predicted molar refractivity (Wildman–Crippen MR) is 50.8 cm³/mol. The Kier molecular flexibility index (Phi) is 1.53. The largest absolute Gasteiger partial charge is 0.480 e. The topological polar surface area (TPSA) is 37.9 Å². The number of H-pyrrole nitrogens is 1. The highest BCUT2D eigenvalue weighted by molar-refractivity contribution is 6.39. The predicted octanol–water partition coefficient (Wildman–Crippen LogP) is -0.170. The SMILES string of the molecule is Bc1cccc2[nH]nc(OC)c12. The van der Waals surface area contributed by atoms with E-state index < -0.39 is 0 Å². The molecule has 1 N–H and O–H groups in total. The number of methoxy groups -OCH3 is 1. The van der Waals surface area contributed by atoms with Crippen LogP contribution in [0, 0.1) is 0 Å². The number of aromatic nitrogens is 2. The number of rotatable bonds is 1. The summed E-state index contributed by atoms with van der Waals surface area (Å²) in [5.41, 5.74) is 2.20. The molecule has 12 heavy (non-hydrogen) atoms. The van der Waals surface area contributed by atoms with Crippen molar-refractivity contribution in [3.63, 3.8) is 0 Å². The Morgan fingerprint density at radius 3 is 3.08 bits per heavy atom. The summed E-state index contributed by atoms with van der Waals surface area (Å²) in [7, 11) is 3.67. The van der Waals surface area contributed by atoms with Gasteiger partial charge in [-0.3, -0.25) is 5.10 Å². The second-order valence-corrected chi connectivity index (χ2v) is 2.73. The molecule has 0 unspecified atom stereocenters. The van der Waals surface area contributed by atoms with Gasteiger partial charge >= 0.3 is 0 Å². The molecule has 2 rings (SSSR count). The molecule has 0 atom stereocenters. The third kappa shape index (κ3) is 0.880. The Morgan fingerprint density at radius 1 is 1.50 bits per heavy atom. The number of hydrogen-bond donors (Lipinski definition) is 1. The van der Waals surface area contributed by atoms with Crippen LogP contribution in [0.15, 0.2) is 18.2 Å². The van der Waals surface area contributed by atoms with Gasteiger partial charge < -0.3 is 4.74 Å². The maximum Gasteiger partial charge on any atom is 0.239 e. The maximum absolute atomic E-state index is 5.11. The molecule has 1 aromatic heterocycles. The quantitative estimate of drug-likeness (QED) is 0.588. The monoisotopic (exact) mass is 160 g/mol. The fourth-order valence-electron chi connectivity index (χ4n) is 1.36. The van der Waals surface area contributed by atoms with Crippen LogP contribution in [0.5, 0.6) is 5.88 Å². The van der Waals surface area contributed by atoms with Gasteiger partial charge in [-0.2, -0.15) is 0 Å². The van der Waals surface area contributed by atoms with Gasteiger partial charge in [0.15, 0.2) is 0 Å². The standard InChI is InChI=1S/C8H9BN2O/c1-12-8-7-5(9)3-2-4-6(7)10-11-8/h2-4H,9H2,1H3,(H,10,11). The molecule has 60 valence electrons. The summed E-state index contributed by atoms with van der Waals surface area (Å²) < 4.78 is 5.11. The van der Waals surface area contributed by atoms with Crippen LogP contribution in [0.2, 0.25) is 0 Å². The lowest BCUT2D eigenvalue weighted by Gasteiger charge is -1.96. The molecule has 0 aliphatic carbocycles. The average Bonchev–Trinajstić information content (AvgIpc) is 2.49. The zero-order valence-electron chi connectivity index (χ0n) is 7.09. The third-order valence-electron chi connectivity index (χ3n) is 1.96. The van der Waals surface area contributed by atoms with Crippen LogP contribution in [0.1, 0.15) is 0 Å². The molecular weight excluding hydrogens is 151 g/mol. The van der Waals surface area contributed by atoms with Crippen LogP contribution < -0.4 is 10.2 Å². The van der Waals surface area contributed by atoms with Gasteiger partial charge in [0.25, 0.3) is 0 Å². The number of fused-ring (bicyclic) bond motifs is 1. The van der Waals surface area contributed by atoms with Crippen molar-refractivity contribution >= 4 is 24.2 Å². The molecular formula is C8H9BN2O. The van der Waals surface area contributed by atoms with Crippen molar-refractivity contribution in [1.29, 1.82) is 0 Å². The molecule has 0 saturated carbocycles. The van der Waals surface area contributed by atoms with Crippen molar-refractivity contribution < 1.29 is 4.74 Å². The normalized spacial score (nSPS) is 10.4. The summed E-state index contributed by atoms with van der Waals surface area (Å²) in [6, 6.07) is 6.02. The van der Waals surface area contributed by atoms with E-state index in [2.05, 4.69) is 10.2 Å². The Balaban J connectivity index is 2.83. The molecule has 3 nitrogen and oxygen atoms in total. The molecule has 1 heterocycles. The van der Waals surface area contributed by atoms with Crippen molar-refractivity contribution in [3.05, 3.63) is 18.2 Å². The van der Waals surface area contributed by atoms with Gasteiger partial charge in [0, 0.05) is 0 Å². The van der Waals surface area contributed by atoms with E-state index in [-0.39, 0.29) is 0 Å². The van der Waals surface area contributed by atoms with E-state index in [0.717, 1.165) is 10.9 Å². The molecule has 0 bridgehead atoms. The zero-order valence-corrected chi connectivity index (χ0v) is 7.09. The second kappa shape index (κ2) is 2.55. The van der Waals surface area contributed by atoms with Gasteiger partial charge in [0.05, 0.1) is 18.0 Å². The molecule has 0 amide bonds. The third-order valence-corrected chi connectivity index (χ3v) is 1.96. The number of aromatic amines is 1. The molecule has 0 spiro atoms. The first-order chi connectivity index (χ1) is 5.83. The van der Waals surface area contributed by atoms with Gasteiger partial charge in [-0.1, -0.05) is 17.6 Å². The zero-order chi connectivity index (χ0) is 8.55. The lowest BCUT2D eigenvalue weighted by molar-refractivity contribution is 0.401. The highest BCUT2D eigenvalue weighted by Gasteiger charge is 2.06. The van der Waals surface area contributed by atoms with Crippen molar-refractivity contribution in [1.82, 2.24) is 10.2 Å². The van der Waals surface area contributed by atoms with Gasteiger partial charge in [-0.05, 0) is 6.07 Å². The fraction of sp³-hybridized carbons (Fsp3) is 0.125. The first kappa shape index (κ1) is 7.22. The van der Waals surface area contributed by atoms with Gasteiger partial charge in [0.1, 0.15) is 7.85 Å². The van der Waals surface area contributed by atoms with E-state index in [1.54, 1.807) is 7.11 Å². The molecule has 1 aromatic carbocycles. The van der Waals surface area contributed by atoms with Crippen LogP contribution in [-0.2, 0) is 0 Å². The van der Waals surface area contributed by atoms with Crippen molar-refractivity contribution in [2.45, 2.75) is 0 Å². The van der Waals surface area contributed by atoms with Crippen LogP contribution in [-0.4, -0.2) is 25.2 Å². The van der Waals surface area contributed by atoms with E-state index in [4.69, 9.17) is 4.74 Å². The lowest BCUT2D eigenvalue weighted by atomic mass is 9.93. The van der Waals surface area contributed by atoms with E-state index in [0.29, 0.717) is 5.88 Å². The summed E-state index contributed by atoms with van der Waals surface area (Å²) >= 11 is 0. The maximum atomic E-state index is 5.11. The minimum Gasteiger partial charge on any atom is -0.480 e.